The summed E-state index contributed by atoms with van der Waals surface area (Å²) in [5.74, 6) is -0.794. The van der Waals surface area contributed by atoms with Crippen molar-refractivity contribution in [1.82, 2.24) is 0 Å². The van der Waals surface area contributed by atoms with E-state index in [0.717, 1.165) is 0 Å². The maximum Gasteiger partial charge on any atom is 0.315 e. The van der Waals surface area contributed by atoms with Gasteiger partial charge in [0.25, 0.3) is 0 Å². The first-order valence-electron chi connectivity index (χ1n) is 4.36. The summed E-state index contributed by atoms with van der Waals surface area (Å²) in [6.45, 7) is -0.0906. The lowest BCUT2D eigenvalue weighted by atomic mass is 10.1. The van der Waals surface area contributed by atoms with Crippen LogP contribution >= 0.6 is 0 Å². The highest BCUT2D eigenvalue weighted by atomic mass is 16.7. The SMILES string of the molecule is O=C(O)Cc1cc2c(c([N+](=O)[O-])c1)OCO2. The molecule has 1 aliphatic heterocycles. The van der Waals surface area contributed by atoms with Crippen LogP contribution in [0.15, 0.2) is 12.1 Å². The average Bonchev–Trinajstić information content (AvgIpc) is 2.62. The Hall–Kier alpha value is -2.31. The van der Waals surface area contributed by atoms with Crippen molar-refractivity contribution in [1.29, 1.82) is 0 Å². The van der Waals surface area contributed by atoms with Crippen molar-refractivity contribution < 1.29 is 24.3 Å². The summed E-state index contributed by atoms with van der Waals surface area (Å²) in [5, 5.41) is 19.3. The Balaban J connectivity index is 2.47. The van der Waals surface area contributed by atoms with Crippen LogP contribution in [0.5, 0.6) is 11.5 Å². The van der Waals surface area contributed by atoms with Gasteiger partial charge in [-0.25, -0.2) is 0 Å². The number of rotatable bonds is 3. The van der Waals surface area contributed by atoms with Crippen LogP contribution in [0.4, 0.5) is 5.69 Å². The molecule has 0 fully saturated rings. The zero-order valence-electron chi connectivity index (χ0n) is 8.00. The highest BCUT2D eigenvalue weighted by Gasteiger charge is 2.27. The molecule has 1 aromatic rings. The molecule has 1 aliphatic rings. The lowest BCUT2D eigenvalue weighted by molar-refractivity contribution is -0.385. The zero-order valence-corrected chi connectivity index (χ0v) is 8.00. The number of aliphatic carboxylic acids is 1. The van der Waals surface area contributed by atoms with E-state index in [0.29, 0.717) is 5.56 Å². The van der Waals surface area contributed by atoms with Crippen molar-refractivity contribution in [2.75, 3.05) is 6.79 Å². The first kappa shape index (κ1) is 10.2. The minimum absolute atomic E-state index is 0.0548. The molecular formula is C9H7NO6. The molecular weight excluding hydrogens is 218 g/mol. The van der Waals surface area contributed by atoms with Crippen LogP contribution in [0.25, 0.3) is 0 Å². The standard InChI is InChI=1S/C9H7NO6/c11-8(12)3-5-1-6(10(13)14)9-7(2-5)15-4-16-9/h1-2H,3-4H2,(H,11,12). The van der Waals surface area contributed by atoms with E-state index in [4.69, 9.17) is 14.6 Å². The molecule has 84 valence electrons. The summed E-state index contributed by atoms with van der Waals surface area (Å²) in [6.07, 6.45) is -0.294. The molecule has 0 saturated carbocycles. The number of ether oxygens (including phenoxy) is 2. The van der Waals surface area contributed by atoms with E-state index >= 15 is 0 Å². The Bertz CT molecular complexity index is 469. The summed E-state index contributed by atoms with van der Waals surface area (Å²) >= 11 is 0. The Kier molecular flexibility index (Phi) is 2.35. The number of nitro groups is 1. The molecule has 0 bridgehead atoms. The lowest BCUT2D eigenvalue weighted by Gasteiger charge is -2.01. The van der Waals surface area contributed by atoms with Gasteiger partial charge in [-0.3, -0.25) is 14.9 Å². The van der Waals surface area contributed by atoms with E-state index in [2.05, 4.69) is 0 Å². The van der Waals surface area contributed by atoms with Crippen molar-refractivity contribution in [3.05, 3.63) is 27.8 Å². The van der Waals surface area contributed by atoms with Gasteiger partial charge in [0.15, 0.2) is 5.75 Å². The second-order valence-corrected chi connectivity index (χ2v) is 3.18. The van der Waals surface area contributed by atoms with E-state index < -0.39 is 10.9 Å². The Morgan fingerprint density at radius 1 is 1.50 bits per heavy atom. The molecule has 1 aromatic carbocycles. The molecule has 0 saturated heterocycles. The van der Waals surface area contributed by atoms with Gasteiger partial charge in [0.1, 0.15) is 0 Å². The van der Waals surface area contributed by atoms with Crippen molar-refractivity contribution >= 4 is 11.7 Å². The molecule has 0 aliphatic carbocycles. The van der Waals surface area contributed by atoms with E-state index in [1.54, 1.807) is 0 Å². The van der Waals surface area contributed by atoms with Gasteiger partial charge in [0, 0.05) is 6.07 Å². The number of hydrogen-bond acceptors (Lipinski definition) is 5. The highest BCUT2D eigenvalue weighted by molar-refractivity contribution is 5.72. The summed E-state index contributed by atoms with van der Waals surface area (Å²) in [4.78, 5) is 20.6. The molecule has 0 unspecified atom stereocenters. The topological polar surface area (TPSA) is 98.9 Å². The fourth-order valence-corrected chi connectivity index (χ4v) is 1.46. The van der Waals surface area contributed by atoms with Gasteiger partial charge < -0.3 is 14.6 Å². The number of benzene rings is 1. The molecule has 0 amide bonds. The van der Waals surface area contributed by atoms with Crippen LogP contribution in [0, 0.1) is 10.1 Å². The maximum atomic E-state index is 10.7. The first-order chi connectivity index (χ1) is 7.58. The predicted molar refractivity (Wildman–Crippen MR) is 50.6 cm³/mol. The van der Waals surface area contributed by atoms with Crippen LogP contribution in [0.2, 0.25) is 0 Å². The summed E-state index contributed by atoms with van der Waals surface area (Å²) in [5.41, 5.74) is 0.0368. The minimum Gasteiger partial charge on any atom is -0.481 e. The third kappa shape index (κ3) is 1.74. The van der Waals surface area contributed by atoms with Gasteiger partial charge in [-0.2, -0.15) is 0 Å². The molecule has 0 radical (unpaired) electrons. The molecule has 7 nitrogen and oxygen atoms in total. The molecule has 0 spiro atoms. The largest absolute Gasteiger partial charge is 0.481 e. The number of carboxylic acids is 1. The van der Waals surface area contributed by atoms with Crippen LogP contribution < -0.4 is 9.47 Å². The molecule has 16 heavy (non-hydrogen) atoms. The second-order valence-electron chi connectivity index (χ2n) is 3.18. The van der Waals surface area contributed by atoms with Gasteiger partial charge in [0.05, 0.1) is 11.3 Å². The third-order valence-corrected chi connectivity index (χ3v) is 2.06. The fraction of sp³-hybridized carbons (Fsp3) is 0.222. The molecule has 1 heterocycles. The van der Waals surface area contributed by atoms with Crippen molar-refractivity contribution in [3.8, 4) is 11.5 Å². The predicted octanol–water partition coefficient (Wildman–Crippen LogP) is 0.951. The third-order valence-electron chi connectivity index (χ3n) is 2.06. The average molecular weight is 225 g/mol. The summed E-state index contributed by atoms with van der Waals surface area (Å²) < 4.78 is 9.93. The van der Waals surface area contributed by atoms with E-state index in [9.17, 15) is 14.9 Å². The zero-order chi connectivity index (χ0) is 11.7. The smallest absolute Gasteiger partial charge is 0.315 e. The highest BCUT2D eigenvalue weighted by Crippen LogP contribution is 2.41. The summed E-state index contributed by atoms with van der Waals surface area (Å²) in [7, 11) is 0. The van der Waals surface area contributed by atoms with Crippen molar-refractivity contribution in [2.45, 2.75) is 6.42 Å². The second kappa shape index (κ2) is 3.69. The molecule has 1 N–H and O–H groups in total. The fourth-order valence-electron chi connectivity index (χ4n) is 1.46. The molecule has 7 heteroatoms. The maximum absolute atomic E-state index is 10.7. The molecule has 0 aromatic heterocycles. The molecule has 0 atom stereocenters. The van der Waals surface area contributed by atoms with Gasteiger partial charge in [-0.05, 0) is 11.6 Å². The Morgan fingerprint density at radius 2 is 2.25 bits per heavy atom. The number of hydrogen-bond donors (Lipinski definition) is 1. The number of nitro benzene ring substituents is 1. The van der Waals surface area contributed by atoms with Crippen molar-refractivity contribution in [2.24, 2.45) is 0 Å². The molecule has 2 rings (SSSR count). The van der Waals surface area contributed by atoms with Crippen LogP contribution in [0.3, 0.4) is 0 Å². The first-order valence-corrected chi connectivity index (χ1v) is 4.36. The van der Waals surface area contributed by atoms with E-state index in [1.165, 1.54) is 12.1 Å². The Labute approximate surface area is 89.4 Å². The number of carboxylic acid groups (broad SMARTS) is 1. The van der Waals surface area contributed by atoms with Crippen molar-refractivity contribution in [3.63, 3.8) is 0 Å². The van der Waals surface area contributed by atoms with Crippen LogP contribution in [-0.4, -0.2) is 22.8 Å². The number of fused-ring (bicyclic) bond motifs is 1. The number of carbonyl (C=O) groups is 1. The van der Waals surface area contributed by atoms with E-state index in [-0.39, 0.29) is 30.4 Å². The minimum atomic E-state index is -1.06. The van der Waals surface area contributed by atoms with Gasteiger partial charge in [-0.1, -0.05) is 0 Å². The van der Waals surface area contributed by atoms with Crippen LogP contribution in [0.1, 0.15) is 5.56 Å². The van der Waals surface area contributed by atoms with E-state index in [1.807, 2.05) is 0 Å². The monoisotopic (exact) mass is 225 g/mol. The summed E-state index contributed by atoms with van der Waals surface area (Å²) in [6, 6.07) is 2.62. The Morgan fingerprint density at radius 3 is 2.88 bits per heavy atom. The number of nitrogens with zero attached hydrogens (tertiary/aromatic N) is 1. The quantitative estimate of drug-likeness (QED) is 0.607. The van der Waals surface area contributed by atoms with Gasteiger partial charge in [-0.15, -0.1) is 0 Å². The lowest BCUT2D eigenvalue weighted by Crippen LogP contribution is -2.01. The normalized spacial score (nSPS) is 12.5. The van der Waals surface area contributed by atoms with Crippen LogP contribution in [-0.2, 0) is 11.2 Å². The van der Waals surface area contributed by atoms with Gasteiger partial charge >= 0.3 is 11.7 Å². The van der Waals surface area contributed by atoms with Gasteiger partial charge in [0.2, 0.25) is 12.5 Å².